The van der Waals surface area contributed by atoms with E-state index in [9.17, 15) is 4.79 Å². The average Bonchev–Trinajstić information content (AvgIpc) is 3.24. The third-order valence-corrected chi connectivity index (χ3v) is 5.38. The third-order valence-electron chi connectivity index (χ3n) is 5.38. The quantitative estimate of drug-likeness (QED) is 0.345. The predicted octanol–water partition coefficient (Wildman–Crippen LogP) is 5.24. The molecule has 0 spiro atoms. The summed E-state index contributed by atoms with van der Waals surface area (Å²) in [7, 11) is 4.77. The summed E-state index contributed by atoms with van der Waals surface area (Å²) in [5.41, 5.74) is 5.01. The summed E-state index contributed by atoms with van der Waals surface area (Å²) in [6, 6.07) is 20.1. The van der Waals surface area contributed by atoms with Gasteiger partial charge in [0.25, 0.3) is 0 Å². The predicted molar refractivity (Wildman–Crippen MR) is 131 cm³/mol. The number of carbonyl (C=O) groups is 1. The van der Waals surface area contributed by atoms with Crippen molar-refractivity contribution in [1.29, 1.82) is 0 Å². The number of aromatic amines is 1. The molecule has 0 atom stereocenters. The molecule has 0 saturated heterocycles. The number of methoxy groups -OCH3 is 3. The molecule has 0 aliphatic carbocycles. The standard InChI is InChI=1S/C26H27N3O4/c1-16(30)27-15-17-7-5-8-18(11-17)21-10-6-9-19-12-24(29-25(19)21)28-20-13-22(31-2)26(33-4)23(14-20)32-3/h5-14,28-29H,15H2,1-4H3,(H,27,30). The van der Waals surface area contributed by atoms with Gasteiger partial charge in [-0.3, -0.25) is 4.79 Å². The lowest BCUT2D eigenvalue weighted by Crippen LogP contribution is -2.18. The molecular formula is C26H27N3O4. The van der Waals surface area contributed by atoms with Gasteiger partial charge < -0.3 is 29.8 Å². The summed E-state index contributed by atoms with van der Waals surface area (Å²) in [5.74, 6) is 2.48. The molecule has 170 valence electrons. The van der Waals surface area contributed by atoms with E-state index >= 15 is 0 Å². The molecule has 3 N–H and O–H groups in total. The maximum Gasteiger partial charge on any atom is 0.217 e. The number of carbonyl (C=O) groups excluding carboxylic acids is 1. The monoisotopic (exact) mass is 445 g/mol. The van der Waals surface area contributed by atoms with Crippen molar-refractivity contribution < 1.29 is 19.0 Å². The van der Waals surface area contributed by atoms with Crippen molar-refractivity contribution in [3.8, 4) is 28.4 Å². The highest BCUT2D eigenvalue weighted by Crippen LogP contribution is 2.41. The molecule has 0 aliphatic rings. The highest BCUT2D eigenvalue weighted by molar-refractivity contribution is 5.97. The van der Waals surface area contributed by atoms with Crippen LogP contribution < -0.4 is 24.8 Å². The molecule has 0 fully saturated rings. The van der Waals surface area contributed by atoms with Gasteiger partial charge in [0, 0.05) is 42.2 Å². The van der Waals surface area contributed by atoms with Gasteiger partial charge in [-0.2, -0.15) is 0 Å². The number of amides is 1. The number of rotatable bonds is 8. The van der Waals surface area contributed by atoms with Crippen LogP contribution in [0.25, 0.3) is 22.0 Å². The first kappa shape index (κ1) is 22.1. The third kappa shape index (κ3) is 4.72. The van der Waals surface area contributed by atoms with Gasteiger partial charge in [0.05, 0.1) is 26.8 Å². The van der Waals surface area contributed by atoms with Crippen molar-refractivity contribution in [3.05, 3.63) is 66.2 Å². The molecular weight excluding hydrogens is 418 g/mol. The Kier molecular flexibility index (Phi) is 6.40. The van der Waals surface area contributed by atoms with Crippen molar-refractivity contribution >= 4 is 28.3 Å². The van der Waals surface area contributed by atoms with Crippen LogP contribution in [0.4, 0.5) is 11.5 Å². The topological polar surface area (TPSA) is 84.6 Å². The number of fused-ring (bicyclic) bond motifs is 1. The summed E-state index contributed by atoms with van der Waals surface area (Å²) in [6.45, 7) is 2.02. The minimum atomic E-state index is -0.0469. The Bertz CT molecular complexity index is 1270. The largest absolute Gasteiger partial charge is 0.493 e. The van der Waals surface area contributed by atoms with Gasteiger partial charge in [0.1, 0.15) is 5.82 Å². The SMILES string of the molecule is COc1cc(Nc2cc3cccc(-c4cccc(CNC(C)=O)c4)c3[nH]2)cc(OC)c1OC. The van der Waals surface area contributed by atoms with Gasteiger partial charge in [-0.25, -0.2) is 0 Å². The van der Waals surface area contributed by atoms with Gasteiger partial charge in [-0.05, 0) is 23.3 Å². The molecule has 0 radical (unpaired) electrons. The van der Waals surface area contributed by atoms with Crippen molar-refractivity contribution in [1.82, 2.24) is 10.3 Å². The lowest BCUT2D eigenvalue weighted by atomic mass is 10.0. The number of anilines is 2. The van der Waals surface area contributed by atoms with Crippen LogP contribution in [0.3, 0.4) is 0 Å². The van der Waals surface area contributed by atoms with Crippen LogP contribution in [0.5, 0.6) is 17.2 Å². The molecule has 3 aromatic carbocycles. The second-order valence-electron chi connectivity index (χ2n) is 7.60. The molecule has 33 heavy (non-hydrogen) atoms. The number of nitrogens with one attached hydrogen (secondary N) is 3. The number of ether oxygens (including phenoxy) is 3. The van der Waals surface area contributed by atoms with Crippen molar-refractivity contribution in [2.75, 3.05) is 26.6 Å². The van der Waals surface area contributed by atoms with E-state index in [0.29, 0.717) is 23.8 Å². The van der Waals surface area contributed by atoms with Crippen molar-refractivity contribution in [3.63, 3.8) is 0 Å². The van der Waals surface area contributed by atoms with Crippen LogP contribution >= 0.6 is 0 Å². The summed E-state index contributed by atoms with van der Waals surface area (Å²) in [6.07, 6.45) is 0. The summed E-state index contributed by atoms with van der Waals surface area (Å²) >= 11 is 0. The summed E-state index contributed by atoms with van der Waals surface area (Å²) in [4.78, 5) is 14.8. The zero-order chi connectivity index (χ0) is 23.4. The van der Waals surface area contributed by atoms with E-state index < -0.39 is 0 Å². The molecule has 7 heteroatoms. The number of H-pyrrole nitrogens is 1. The average molecular weight is 446 g/mol. The maximum atomic E-state index is 11.3. The molecule has 0 bridgehead atoms. The zero-order valence-electron chi connectivity index (χ0n) is 19.1. The fourth-order valence-corrected chi connectivity index (χ4v) is 3.85. The van der Waals surface area contributed by atoms with Gasteiger partial charge in [-0.15, -0.1) is 0 Å². The molecule has 1 aromatic heterocycles. The molecule has 1 amide bonds. The van der Waals surface area contributed by atoms with Gasteiger partial charge in [0.2, 0.25) is 11.7 Å². The number of para-hydroxylation sites is 1. The van der Waals surface area contributed by atoms with E-state index in [1.165, 1.54) is 6.92 Å². The van der Waals surface area contributed by atoms with E-state index in [-0.39, 0.29) is 5.91 Å². The Morgan fingerprint density at radius 1 is 0.909 bits per heavy atom. The van der Waals surface area contributed by atoms with Gasteiger partial charge >= 0.3 is 0 Å². The van der Waals surface area contributed by atoms with Crippen LogP contribution in [0.15, 0.2) is 60.7 Å². The molecule has 7 nitrogen and oxygen atoms in total. The first-order valence-corrected chi connectivity index (χ1v) is 10.5. The minimum absolute atomic E-state index is 0.0469. The van der Waals surface area contributed by atoms with Crippen molar-refractivity contribution in [2.45, 2.75) is 13.5 Å². The first-order chi connectivity index (χ1) is 16.0. The molecule has 1 heterocycles. The highest BCUT2D eigenvalue weighted by Gasteiger charge is 2.14. The normalized spacial score (nSPS) is 10.7. The molecule has 4 rings (SSSR count). The fourth-order valence-electron chi connectivity index (χ4n) is 3.85. The van der Waals surface area contributed by atoms with Crippen LogP contribution in [0.2, 0.25) is 0 Å². The number of hydrogen-bond acceptors (Lipinski definition) is 5. The Labute approximate surface area is 192 Å². The summed E-state index contributed by atoms with van der Waals surface area (Å²) < 4.78 is 16.3. The second-order valence-corrected chi connectivity index (χ2v) is 7.60. The number of aromatic nitrogens is 1. The first-order valence-electron chi connectivity index (χ1n) is 10.5. The minimum Gasteiger partial charge on any atom is -0.493 e. The Morgan fingerprint density at radius 2 is 1.64 bits per heavy atom. The lowest BCUT2D eigenvalue weighted by molar-refractivity contribution is -0.119. The molecule has 4 aromatic rings. The second kappa shape index (κ2) is 9.56. The van der Waals surface area contributed by atoms with Crippen LogP contribution in [-0.4, -0.2) is 32.2 Å². The number of benzene rings is 3. The van der Waals surface area contributed by atoms with Crippen LogP contribution in [0.1, 0.15) is 12.5 Å². The smallest absolute Gasteiger partial charge is 0.217 e. The zero-order valence-corrected chi connectivity index (χ0v) is 19.1. The molecule has 0 saturated carbocycles. The molecule has 0 unspecified atom stereocenters. The van der Waals surface area contributed by atoms with Gasteiger partial charge in [0.15, 0.2) is 11.5 Å². The van der Waals surface area contributed by atoms with E-state index in [1.54, 1.807) is 21.3 Å². The van der Waals surface area contributed by atoms with Gasteiger partial charge in [-0.1, -0.05) is 36.4 Å². The highest BCUT2D eigenvalue weighted by atomic mass is 16.5. The van der Waals surface area contributed by atoms with E-state index in [0.717, 1.165) is 39.1 Å². The van der Waals surface area contributed by atoms with E-state index in [2.05, 4.69) is 45.9 Å². The van der Waals surface area contributed by atoms with Crippen molar-refractivity contribution in [2.24, 2.45) is 0 Å². The Balaban J connectivity index is 1.68. The van der Waals surface area contributed by atoms with Crippen LogP contribution in [-0.2, 0) is 11.3 Å². The fraction of sp³-hybridized carbons (Fsp3) is 0.192. The number of hydrogen-bond donors (Lipinski definition) is 3. The Hall–Kier alpha value is -4.13. The summed E-state index contributed by atoms with van der Waals surface area (Å²) in [5, 5.41) is 7.33. The Morgan fingerprint density at radius 3 is 2.30 bits per heavy atom. The van der Waals surface area contributed by atoms with E-state index in [4.69, 9.17) is 14.2 Å². The maximum absolute atomic E-state index is 11.3. The van der Waals surface area contributed by atoms with E-state index in [1.807, 2.05) is 30.3 Å². The van der Waals surface area contributed by atoms with Crippen LogP contribution in [0, 0.1) is 0 Å². The molecule has 0 aliphatic heterocycles. The lowest BCUT2D eigenvalue weighted by Gasteiger charge is -2.14.